The van der Waals surface area contributed by atoms with Crippen molar-refractivity contribution in [3.05, 3.63) is 35.4 Å². The molecule has 1 aliphatic carbocycles. The third-order valence-corrected chi connectivity index (χ3v) is 4.17. The smallest absolute Gasteiger partial charge is 0.00715 e. The molecule has 1 heteroatoms. The van der Waals surface area contributed by atoms with Crippen LogP contribution in [0.2, 0.25) is 0 Å². The van der Waals surface area contributed by atoms with Gasteiger partial charge in [0.1, 0.15) is 0 Å². The molecule has 17 heavy (non-hydrogen) atoms. The molecule has 1 unspecified atom stereocenters. The Morgan fingerprint density at radius 3 is 2.59 bits per heavy atom. The van der Waals surface area contributed by atoms with Crippen LogP contribution in [0, 0.1) is 0 Å². The summed E-state index contributed by atoms with van der Waals surface area (Å²) < 4.78 is 0. The fourth-order valence-corrected chi connectivity index (χ4v) is 3.15. The summed E-state index contributed by atoms with van der Waals surface area (Å²) in [6.45, 7) is 3.11. The summed E-state index contributed by atoms with van der Waals surface area (Å²) in [5, 5.41) is 0. The standard InChI is InChI=1S/C16H25N/c1-13(11-12-17)15-9-5-6-10-16(15)14-7-3-2-4-8-14/h5-6,9-10,13-14H,2-4,7-8,11-12,17H2,1H3. The molecule has 1 atom stereocenters. The molecule has 2 rings (SSSR count). The van der Waals surface area contributed by atoms with Gasteiger partial charge >= 0.3 is 0 Å². The molecule has 0 bridgehead atoms. The zero-order chi connectivity index (χ0) is 12.1. The Morgan fingerprint density at radius 1 is 1.18 bits per heavy atom. The quantitative estimate of drug-likeness (QED) is 0.826. The Morgan fingerprint density at radius 2 is 1.88 bits per heavy atom. The summed E-state index contributed by atoms with van der Waals surface area (Å²) >= 11 is 0. The lowest BCUT2D eigenvalue weighted by Crippen LogP contribution is -2.11. The van der Waals surface area contributed by atoms with Crippen LogP contribution in [-0.4, -0.2) is 6.54 Å². The van der Waals surface area contributed by atoms with Crippen LogP contribution in [0.15, 0.2) is 24.3 Å². The third-order valence-electron chi connectivity index (χ3n) is 4.17. The number of hydrogen-bond donors (Lipinski definition) is 1. The van der Waals surface area contributed by atoms with Gasteiger partial charge in [-0.15, -0.1) is 0 Å². The summed E-state index contributed by atoms with van der Waals surface area (Å²) in [4.78, 5) is 0. The number of benzene rings is 1. The van der Waals surface area contributed by atoms with Crippen LogP contribution in [0.3, 0.4) is 0 Å². The number of rotatable bonds is 4. The first-order valence-electron chi connectivity index (χ1n) is 7.12. The molecule has 0 spiro atoms. The second-order valence-electron chi connectivity index (χ2n) is 5.44. The number of nitrogens with two attached hydrogens (primary N) is 1. The monoisotopic (exact) mass is 231 g/mol. The highest BCUT2D eigenvalue weighted by atomic mass is 14.5. The van der Waals surface area contributed by atoms with Gasteiger partial charge in [-0.1, -0.05) is 50.5 Å². The molecule has 94 valence electrons. The maximum atomic E-state index is 5.70. The van der Waals surface area contributed by atoms with Crippen molar-refractivity contribution >= 4 is 0 Å². The third kappa shape index (κ3) is 3.10. The highest BCUT2D eigenvalue weighted by molar-refractivity contribution is 5.33. The summed E-state index contributed by atoms with van der Waals surface area (Å²) in [7, 11) is 0. The van der Waals surface area contributed by atoms with E-state index in [1.807, 2.05) is 0 Å². The molecular formula is C16H25N. The minimum Gasteiger partial charge on any atom is -0.330 e. The van der Waals surface area contributed by atoms with Gasteiger partial charge in [0.25, 0.3) is 0 Å². The van der Waals surface area contributed by atoms with Crippen LogP contribution in [0.25, 0.3) is 0 Å². The molecule has 0 saturated heterocycles. The lowest BCUT2D eigenvalue weighted by molar-refractivity contribution is 0.439. The zero-order valence-electron chi connectivity index (χ0n) is 11.0. The van der Waals surface area contributed by atoms with E-state index >= 15 is 0 Å². The predicted molar refractivity (Wildman–Crippen MR) is 74.4 cm³/mol. The van der Waals surface area contributed by atoms with E-state index < -0.39 is 0 Å². The summed E-state index contributed by atoms with van der Waals surface area (Å²) in [5.74, 6) is 1.42. The predicted octanol–water partition coefficient (Wildman–Crippen LogP) is 4.19. The van der Waals surface area contributed by atoms with E-state index in [1.165, 1.54) is 32.1 Å². The van der Waals surface area contributed by atoms with Crippen molar-refractivity contribution in [3.8, 4) is 0 Å². The Balaban J connectivity index is 2.19. The van der Waals surface area contributed by atoms with E-state index in [0.29, 0.717) is 5.92 Å². The van der Waals surface area contributed by atoms with Crippen LogP contribution in [0.4, 0.5) is 0 Å². The van der Waals surface area contributed by atoms with Crippen LogP contribution in [0.5, 0.6) is 0 Å². The molecule has 2 N–H and O–H groups in total. The van der Waals surface area contributed by atoms with Crippen LogP contribution in [0.1, 0.15) is 68.4 Å². The van der Waals surface area contributed by atoms with Gasteiger partial charge in [-0.3, -0.25) is 0 Å². The van der Waals surface area contributed by atoms with Gasteiger partial charge in [0.15, 0.2) is 0 Å². The molecule has 1 aliphatic rings. The minimum absolute atomic E-state index is 0.609. The van der Waals surface area contributed by atoms with E-state index in [9.17, 15) is 0 Å². The second kappa shape index (κ2) is 6.20. The van der Waals surface area contributed by atoms with E-state index in [-0.39, 0.29) is 0 Å². The molecular weight excluding hydrogens is 206 g/mol. The first-order valence-corrected chi connectivity index (χ1v) is 7.12. The van der Waals surface area contributed by atoms with E-state index in [2.05, 4.69) is 31.2 Å². The van der Waals surface area contributed by atoms with Gasteiger partial charge in [-0.05, 0) is 48.8 Å². The second-order valence-corrected chi connectivity index (χ2v) is 5.44. The Bertz CT molecular complexity index is 339. The largest absolute Gasteiger partial charge is 0.330 e. The zero-order valence-corrected chi connectivity index (χ0v) is 11.0. The Kier molecular flexibility index (Phi) is 4.61. The van der Waals surface area contributed by atoms with E-state index in [0.717, 1.165) is 18.9 Å². The number of hydrogen-bond acceptors (Lipinski definition) is 1. The van der Waals surface area contributed by atoms with Gasteiger partial charge in [-0.2, -0.15) is 0 Å². The summed E-state index contributed by atoms with van der Waals surface area (Å²) in [6, 6.07) is 9.03. The Hall–Kier alpha value is -0.820. The van der Waals surface area contributed by atoms with Crippen molar-refractivity contribution in [2.24, 2.45) is 5.73 Å². The highest BCUT2D eigenvalue weighted by Gasteiger charge is 2.19. The Labute approximate surface area is 105 Å². The SMILES string of the molecule is CC(CCN)c1ccccc1C1CCCCC1. The average molecular weight is 231 g/mol. The lowest BCUT2D eigenvalue weighted by atomic mass is 9.79. The van der Waals surface area contributed by atoms with Gasteiger partial charge in [-0.25, -0.2) is 0 Å². The van der Waals surface area contributed by atoms with Gasteiger partial charge in [0.2, 0.25) is 0 Å². The van der Waals surface area contributed by atoms with E-state index in [4.69, 9.17) is 5.73 Å². The normalized spacial score (nSPS) is 19.2. The fraction of sp³-hybridized carbons (Fsp3) is 0.625. The summed E-state index contributed by atoms with van der Waals surface area (Å²) in [6.07, 6.45) is 8.11. The lowest BCUT2D eigenvalue weighted by Gasteiger charge is -2.26. The maximum Gasteiger partial charge on any atom is -0.00715 e. The van der Waals surface area contributed by atoms with Gasteiger partial charge in [0.05, 0.1) is 0 Å². The van der Waals surface area contributed by atoms with Crippen LogP contribution in [-0.2, 0) is 0 Å². The molecule has 1 nitrogen and oxygen atoms in total. The van der Waals surface area contributed by atoms with Crippen molar-refractivity contribution < 1.29 is 0 Å². The molecule has 0 heterocycles. The van der Waals surface area contributed by atoms with Crippen molar-refractivity contribution in [1.29, 1.82) is 0 Å². The molecule has 0 aliphatic heterocycles. The van der Waals surface area contributed by atoms with Crippen molar-refractivity contribution in [1.82, 2.24) is 0 Å². The highest BCUT2D eigenvalue weighted by Crippen LogP contribution is 2.37. The first-order chi connectivity index (χ1) is 8.33. The maximum absolute atomic E-state index is 5.70. The topological polar surface area (TPSA) is 26.0 Å². The van der Waals surface area contributed by atoms with Crippen molar-refractivity contribution in [2.75, 3.05) is 6.54 Å². The van der Waals surface area contributed by atoms with Crippen LogP contribution >= 0.6 is 0 Å². The van der Waals surface area contributed by atoms with Gasteiger partial charge < -0.3 is 5.73 Å². The van der Waals surface area contributed by atoms with Crippen LogP contribution < -0.4 is 5.73 Å². The molecule has 1 fully saturated rings. The molecule has 1 aromatic rings. The van der Waals surface area contributed by atoms with Crippen molar-refractivity contribution in [2.45, 2.75) is 57.3 Å². The minimum atomic E-state index is 0.609. The molecule has 1 aromatic carbocycles. The molecule has 0 amide bonds. The molecule has 1 saturated carbocycles. The van der Waals surface area contributed by atoms with Crippen molar-refractivity contribution in [3.63, 3.8) is 0 Å². The average Bonchev–Trinajstić information content (AvgIpc) is 2.40. The molecule has 0 aromatic heterocycles. The summed E-state index contributed by atoms with van der Waals surface area (Å²) in [5.41, 5.74) is 8.85. The van der Waals surface area contributed by atoms with E-state index in [1.54, 1.807) is 11.1 Å². The first kappa shape index (κ1) is 12.6. The molecule has 0 radical (unpaired) electrons. The van der Waals surface area contributed by atoms with Gasteiger partial charge in [0, 0.05) is 0 Å². The fourth-order valence-electron chi connectivity index (χ4n) is 3.15.